The second kappa shape index (κ2) is 10.2. The van der Waals surface area contributed by atoms with Crippen LogP contribution in [0.5, 0.6) is 0 Å². The van der Waals surface area contributed by atoms with Gasteiger partial charge in [-0.25, -0.2) is 0 Å². The van der Waals surface area contributed by atoms with Crippen LogP contribution in [-0.2, 0) is 0 Å². The van der Waals surface area contributed by atoms with Gasteiger partial charge in [-0.2, -0.15) is 0 Å². The van der Waals surface area contributed by atoms with Crippen LogP contribution in [0.1, 0.15) is 50.3 Å². The highest BCUT2D eigenvalue weighted by molar-refractivity contribution is 6.06. The summed E-state index contributed by atoms with van der Waals surface area (Å²) in [7, 11) is 0. The van der Waals surface area contributed by atoms with Crippen LogP contribution in [0.3, 0.4) is 0 Å². The van der Waals surface area contributed by atoms with Gasteiger partial charge in [0.15, 0.2) is 0 Å². The molecule has 1 unspecified atom stereocenters. The number of rotatable bonds is 4. The summed E-state index contributed by atoms with van der Waals surface area (Å²) in [5.74, 6) is 0.170. The van der Waals surface area contributed by atoms with E-state index in [1.54, 1.807) is 0 Å². The molecule has 1 aliphatic carbocycles. The summed E-state index contributed by atoms with van der Waals surface area (Å²) in [5, 5.41) is 3.54. The van der Waals surface area contributed by atoms with Gasteiger partial charge in [-0.05, 0) is 78.0 Å². The average Bonchev–Trinajstić information content (AvgIpc) is 3.46. The third-order valence-electron chi connectivity index (χ3n) is 8.57. The van der Waals surface area contributed by atoms with Crippen LogP contribution >= 0.6 is 0 Å². The molecule has 40 heavy (non-hydrogen) atoms. The van der Waals surface area contributed by atoms with E-state index in [0.29, 0.717) is 0 Å². The highest BCUT2D eigenvalue weighted by atomic mass is 14.9. The number of benzene rings is 3. The molecule has 0 radical (unpaired) electrons. The number of nitrogens with zero attached hydrogens (tertiary/aromatic N) is 1. The molecular weight excluding hydrogens is 482 g/mol. The standard InChI is InChI=1S/C39H35N/c1-7-9-17-30-26(4)25(3)29(16-8-2)35(27(5)31-18-10-11-20-33(30)31)24-36-34-21-13-15-23-38(34)40-37-22-14-12-19-32(37)28(6)39(36)40/h7-24,27H,1,6H2,2-5H3/b16-8-,17-9-,29-25-,30-26-,35-24+. The van der Waals surface area contributed by atoms with Crippen LogP contribution in [0, 0.1) is 0 Å². The molecule has 1 nitrogen and oxygen atoms in total. The molecule has 0 aliphatic heterocycles. The minimum absolute atomic E-state index is 0.170. The smallest absolute Gasteiger partial charge is 0.0614 e. The molecule has 2 aromatic heterocycles. The molecule has 196 valence electrons. The number of hydrogen-bond acceptors (Lipinski definition) is 0. The van der Waals surface area contributed by atoms with Crippen LogP contribution in [0.2, 0.25) is 0 Å². The van der Waals surface area contributed by atoms with Crippen molar-refractivity contribution in [3.8, 4) is 0 Å². The van der Waals surface area contributed by atoms with Crippen molar-refractivity contribution in [2.75, 3.05) is 0 Å². The lowest BCUT2D eigenvalue weighted by atomic mass is 9.76. The first kappa shape index (κ1) is 25.6. The van der Waals surface area contributed by atoms with Crippen molar-refractivity contribution in [3.63, 3.8) is 0 Å². The zero-order chi connectivity index (χ0) is 28.0. The number of allylic oxidation sites excluding steroid dienone is 10. The summed E-state index contributed by atoms with van der Waals surface area (Å²) < 4.78 is 2.40. The zero-order valence-corrected chi connectivity index (χ0v) is 23.8. The van der Waals surface area contributed by atoms with Gasteiger partial charge in [0.05, 0.1) is 16.6 Å². The Balaban J connectivity index is 1.77. The van der Waals surface area contributed by atoms with E-state index in [2.05, 4.69) is 142 Å². The van der Waals surface area contributed by atoms with Gasteiger partial charge in [0.1, 0.15) is 0 Å². The minimum Gasteiger partial charge on any atom is -0.308 e. The Labute approximate surface area is 237 Å². The van der Waals surface area contributed by atoms with Crippen molar-refractivity contribution in [3.05, 3.63) is 154 Å². The van der Waals surface area contributed by atoms with Gasteiger partial charge >= 0.3 is 0 Å². The van der Waals surface area contributed by atoms with Crippen molar-refractivity contribution in [2.45, 2.75) is 33.6 Å². The van der Waals surface area contributed by atoms with Crippen LogP contribution in [0.4, 0.5) is 0 Å². The molecule has 1 atom stereocenters. The number of fused-ring (bicyclic) bond motifs is 6. The molecule has 0 fully saturated rings. The van der Waals surface area contributed by atoms with E-state index in [1.807, 2.05) is 12.2 Å². The first-order valence-corrected chi connectivity index (χ1v) is 14.1. The Morgan fingerprint density at radius 2 is 1.40 bits per heavy atom. The lowest BCUT2D eigenvalue weighted by Crippen LogP contribution is -2.09. The summed E-state index contributed by atoms with van der Waals surface area (Å²) in [6.45, 7) is 17.5. The van der Waals surface area contributed by atoms with Crippen molar-refractivity contribution in [1.82, 2.24) is 4.40 Å². The van der Waals surface area contributed by atoms with E-state index in [1.165, 1.54) is 71.9 Å². The van der Waals surface area contributed by atoms with Crippen LogP contribution in [0.15, 0.2) is 132 Å². The highest BCUT2D eigenvalue weighted by Crippen LogP contribution is 2.43. The van der Waals surface area contributed by atoms with Gasteiger partial charge < -0.3 is 4.40 Å². The fourth-order valence-corrected chi connectivity index (χ4v) is 6.48. The first-order chi connectivity index (χ1) is 19.5. The van der Waals surface area contributed by atoms with Crippen molar-refractivity contribution in [1.29, 1.82) is 0 Å². The van der Waals surface area contributed by atoms with E-state index < -0.39 is 0 Å². The number of aromatic nitrogens is 1. The molecule has 5 aromatic rings. The van der Waals surface area contributed by atoms with E-state index in [-0.39, 0.29) is 5.92 Å². The Morgan fingerprint density at radius 3 is 2.12 bits per heavy atom. The van der Waals surface area contributed by atoms with Gasteiger partial charge in [0, 0.05) is 27.5 Å². The SMILES string of the molecule is C=C\C=C/C1=C(C)/C(C)=C(/C=C\C)C(=C\c2c3ccccc3n3c2c(=C)c2ccccc23)\C(C)c2ccccc21. The molecule has 0 spiro atoms. The van der Waals surface area contributed by atoms with Gasteiger partial charge in [0.25, 0.3) is 0 Å². The van der Waals surface area contributed by atoms with Gasteiger partial charge in [-0.1, -0.05) is 111 Å². The molecular formula is C39H35N. The summed E-state index contributed by atoms with van der Waals surface area (Å²) in [4.78, 5) is 0. The summed E-state index contributed by atoms with van der Waals surface area (Å²) in [6.07, 6.45) is 13.0. The van der Waals surface area contributed by atoms with Gasteiger partial charge in [-0.3, -0.25) is 0 Å². The monoisotopic (exact) mass is 517 g/mol. The lowest BCUT2D eigenvalue weighted by Gasteiger charge is -2.27. The van der Waals surface area contributed by atoms with Gasteiger partial charge in [-0.15, -0.1) is 0 Å². The normalized spacial score (nSPS) is 21.2. The quantitative estimate of drug-likeness (QED) is 0.209. The van der Waals surface area contributed by atoms with E-state index >= 15 is 0 Å². The summed E-state index contributed by atoms with van der Waals surface area (Å²) in [6, 6.07) is 26.2. The predicted octanol–water partition coefficient (Wildman–Crippen LogP) is 9.98. The average molecular weight is 518 g/mol. The summed E-state index contributed by atoms with van der Waals surface area (Å²) in [5.41, 5.74) is 13.9. The van der Waals surface area contributed by atoms with Crippen LogP contribution < -0.4 is 5.22 Å². The van der Waals surface area contributed by atoms with Crippen LogP contribution in [-0.4, -0.2) is 4.40 Å². The Kier molecular flexibility index (Phi) is 6.52. The molecule has 2 heterocycles. The van der Waals surface area contributed by atoms with Crippen molar-refractivity contribution < 1.29 is 0 Å². The topological polar surface area (TPSA) is 4.41 Å². The molecule has 0 saturated heterocycles. The predicted molar refractivity (Wildman–Crippen MR) is 175 cm³/mol. The zero-order valence-electron chi connectivity index (χ0n) is 23.8. The molecule has 0 amide bonds. The molecule has 0 N–H and O–H groups in total. The fourth-order valence-electron chi connectivity index (χ4n) is 6.48. The lowest BCUT2D eigenvalue weighted by molar-refractivity contribution is 0.904. The van der Waals surface area contributed by atoms with E-state index in [0.717, 1.165) is 5.22 Å². The third kappa shape index (κ3) is 3.85. The third-order valence-corrected chi connectivity index (χ3v) is 8.57. The van der Waals surface area contributed by atoms with Crippen molar-refractivity contribution in [2.24, 2.45) is 0 Å². The second-order valence-corrected chi connectivity index (χ2v) is 10.7. The maximum atomic E-state index is 4.60. The van der Waals surface area contributed by atoms with E-state index in [9.17, 15) is 0 Å². The van der Waals surface area contributed by atoms with Gasteiger partial charge in [0.2, 0.25) is 0 Å². The Morgan fingerprint density at radius 1 is 0.775 bits per heavy atom. The highest BCUT2D eigenvalue weighted by Gasteiger charge is 2.25. The molecule has 3 aromatic carbocycles. The summed E-state index contributed by atoms with van der Waals surface area (Å²) >= 11 is 0. The first-order valence-electron chi connectivity index (χ1n) is 14.1. The maximum absolute atomic E-state index is 4.60. The second-order valence-electron chi connectivity index (χ2n) is 10.7. The van der Waals surface area contributed by atoms with Crippen LogP contribution in [0.25, 0.3) is 45.6 Å². The molecule has 0 bridgehead atoms. The fraction of sp³-hybridized carbons (Fsp3) is 0.128. The molecule has 1 heteroatoms. The maximum Gasteiger partial charge on any atom is 0.0614 e. The van der Waals surface area contributed by atoms with E-state index in [4.69, 9.17) is 0 Å². The Hall–Kier alpha value is -4.62. The largest absolute Gasteiger partial charge is 0.308 e. The minimum atomic E-state index is 0.170. The number of para-hydroxylation sites is 2. The van der Waals surface area contributed by atoms with Crippen molar-refractivity contribution >= 4 is 45.6 Å². The number of hydrogen-bond donors (Lipinski definition) is 0. The molecule has 1 aliphatic rings. The molecule has 6 rings (SSSR count). The molecule has 0 saturated carbocycles. The Bertz CT molecular complexity index is 2020.